The maximum atomic E-state index is 11.2. The summed E-state index contributed by atoms with van der Waals surface area (Å²) in [5.74, 6) is -0.0505. The zero-order valence-electron chi connectivity index (χ0n) is 8.28. The molecule has 0 aliphatic carbocycles. The van der Waals surface area contributed by atoms with Crippen LogP contribution in [0, 0.1) is 0 Å². The second-order valence-corrected chi connectivity index (χ2v) is 2.65. The molecular weight excluding hydrogens is 172 g/mol. The first-order valence-corrected chi connectivity index (χ1v) is 4.23. The Hall–Kier alpha value is -0.650. The number of hydrogen-bond acceptors (Lipinski definition) is 4. The van der Waals surface area contributed by atoms with Gasteiger partial charge in [0, 0.05) is 27.2 Å². The van der Waals surface area contributed by atoms with E-state index in [0.29, 0.717) is 26.3 Å². The van der Waals surface area contributed by atoms with Crippen molar-refractivity contribution in [1.82, 2.24) is 4.90 Å². The summed E-state index contributed by atoms with van der Waals surface area (Å²) in [6.45, 7) is 2.08. The monoisotopic (exact) mass is 190 g/mol. The summed E-state index contributed by atoms with van der Waals surface area (Å²) in [6, 6.07) is 0. The number of methoxy groups -OCH3 is 1. The van der Waals surface area contributed by atoms with Crippen LogP contribution < -0.4 is 5.73 Å². The van der Waals surface area contributed by atoms with Gasteiger partial charge in [0.1, 0.15) is 6.61 Å². The number of amides is 1. The molecule has 0 aliphatic rings. The summed E-state index contributed by atoms with van der Waals surface area (Å²) in [7, 11) is 3.32. The van der Waals surface area contributed by atoms with Crippen LogP contribution in [0.25, 0.3) is 0 Å². The van der Waals surface area contributed by atoms with Crippen molar-refractivity contribution in [2.45, 2.75) is 0 Å². The summed E-state index contributed by atoms with van der Waals surface area (Å²) < 4.78 is 9.82. The van der Waals surface area contributed by atoms with Crippen LogP contribution in [-0.2, 0) is 14.3 Å². The molecule has 1 amide bonds. The van der Waals surface area contributed by atoms with Gasteiger partial charge in [-0.25, -0.2) is 0 Å². The molecule has 0 aromatic heterocycles. The number of nitrogens with two attached hydrogens (primary N) is 1. The average Bonchev–Trinajstić information content (AvgIpc) is 2.14. The van der Waals surface area contributed by atoms with Crippen LogP contribution in [0.3, 0.4) is 0 Å². The Bertz CT molecular complexity index is 141. The maximum absolute atomic E-state index is 11.2. The third kappa shape index (κ3) is 6.51. The highest BCUT2D eigenvalue weighted by atomic mass is 16.5. The van der Waals surface area contributed by atoms with Gasteiger partial charge in [-0.3, -0.25) is 4.79 Å². The molecule has 0 spiro atoms. The lowest BCUT2D eigenvalue weighted by Gasteiger charge is -2.16. The number of rotatable bonds is 7. The van der Waals surface area contributed by atoms with Crippen LogP contribution >= 0.6 is 0 Å². The maximum Gasteiger partial charge on any atom is 0.248 e. The predicted molar refractivity (Wildman–Crippen MR) is 49.4 cm³/mol. The highest BCUT2D eigenvalue weighted by molar-refractivity contribution is 5.77. The van der Waals surface area contributed by atoms with Gasteiger partial charge in [-0.05, 0) is 0 Å². The fraction of sp³-hybridized carbons (Fsp3) is 0.875. The lowest BCUT2D eigenvalue weighted by atomic mass is 10.5. The van der Waals surface area contributed by atoms with E-state index in [0.717, 1.165) is 0 Å². The van der Waals surface area contributed by atoms with Crippen molar-refractivity contribution in [3.05, 3.63) is 0 Å². The Kier molecular flexibility index (Phi) is 7.57. The molecule has 5 nitrogen and oxygen atoms in total. The van der Waals surface area contributed by atoms with E-state index in [4.69, 9.17) is 15.2 Å². The zero-order valence-corrected chi connectivity index (χ0v) is 8.28. The van der Waals surface area contributed by atoms with E-state index >= 15 is 0 Å². The van der Waals surface area contributed by atoms with Gasteiger partial charge in [0.15, 0.2) is 0 Å². The standard InChI is InChI=1S/C8H18N2O3/c1-10(4-6-12-2)8(11)7-13-5-3-9/h3-7,9H2,1-2H3. The van der Waals surface area contributed by atoms with E-state index in [1.165, 1.54) is 0 Å². The first kappa shape index (κ1) is 12.3. The Balaban J connectivity index is 3.45. The minimum Gasteiger partial charge on any atom is -0.383 e. The fourth-order valence-electron chi connectivity index (χ4n) is 0.706. The van der Waals surface area contributed by atoms with Crippen LogP contribution in [0.2, 0.25) is 0 Å². The van der Waals surface area contributed by atoms with Crippen LogP contribution in [0.5, 0.6) is 0 Å². The molecule has 0 atom stereocenters. The summed E-state index contributed by atoms with van der Waals surface area (Å²) in [4.78, 5) is 12.8. The SMILES string of the molecule is COCCN(C)C(=O)COCCN. The number of likely N-dealkylation sites (N-methyl/N-ethyl adjacent to an activating group) is 1. The van der Waals surface area contributed by atoms with Crippen LogP contribution in [0.1, 0.15) is 0 Å². The highest BCUT2D eigenvalue weighted by Crippen LogP contribution is 1.86. The molecule has 0 rings (SSSR count). The second kappa shape index (κ2) is 7.97. The van der Waals surface area contributed by atoms with Gasteiger partial charge in [0.05, 0.1) is 13.2 Å². The summed E-state index contributed by atoms with van der Waals surface area (Å²) in [6.07, 6.45) is 0. The Morgan fingerprint density at radius 3 is 2.69 bits per heavy atom. The minimum absolute atomic E-state index is 0.0505. The summed E-state index contributed by atoms with van der Waals surface area (Å²) >= 11 is 0. The van der Waals surface area contributed by atoms with E-state index in [9.17, 15) is 4.79 Å². The molecule has 0 fully saturated rings. The third-order valence-electron chi connectivity index (χ3n) is 1.54. The summed E-state index contributed by atoms with van der Waals surface area (Å²) in [5.41, 5.74) is 5.20. The number of carbonyl (C=O) groups is 1. The highest BCUT2D eigenvalue weighted by Gasteiger charge is 2.07. The smallest absolute Gasteiger partial charge is 0.248 e. The van der Waals surface area contributed by atoms with E-state index in [-0.39, 0.29) is 12.5 Å². The minimum atomic E-state index is -0.0505. The fourth-order valence-corrected chi connectivity index (χ4v) is 0.706. The van der Waals surface area contributed by atoms with E-state index in [1.54, 1.807) is 19.1 Å². The molecule has 0 unspecified atom stereocenters. The van der Waals surface area contributed by atoms with Gasteiger partial charge in [-0.15, -0.1) is 0 Å². The van der Waals surface area contributed by atoms with Gasteiger partial charge in [0.2, 0.25) is 5.91 Å². The molecule has 0 heterocycles. The topological polar surface area (TPSA) is 64.8 Å². The Morgan fingerprint density at radius 1 is 1.46 bits per heavy atom. The van der Waals surface area contributed by atoms with E-state index in [2.05, 4.69) is 0 Å². The number of nitrogens with zero attached hydrogens (tertiary/aromatic N) is 1. The normalized spacial score (nSPS) is 10.1. The zero-order chi connectivity index (χ0) is 10.1. The Morgan fingerprint density at radius 2 is 2.15 bits per heavy atom. The summed E-state index contributed by atoms with van der Waals surface area (Å²) in [5, 5.41) is 0. The van der Waals surface area contributed by atoms with Gasteiger partial charge >= 0.3 is 0 Å². The first-order valence-electron chi connectivity index (χ1n) is 4.23. The molecule has 13 heavy (non-hydrogen) atoms. The van der Waals surface area contributed by atoms with Gasteiger partial charge in [0.25, 0.3) is 0 Å². The van der Waals surface area contributed by atoms with Crippen molar-refractivity contribution in [2.24, 2.45) is 5.73 Å². The predicted octanol–water partition coefficient (Wildman–Crippen LogP) is -0.933. The van der Waals surface area contributed by atoms with Crippen molar-refractivity contribution in [1.29, 1.82) is 0 Å². The van der Waals surface area contributed by atoms with Crippen molar-refractivity contribution in [3.8, 4) is 0 Å². The van der Waals surface area contributed by atoms with Crippen LogP contribution in [0.15, 0.2) is 0 Å². The van der Waals surface area contributed by atoms with Crippen molar-refractivity contribution in [2.75, 3.05) is 47.1 Å². The van der Waals surface area contributed by atoms with E-state index in [1.807, 2.05) is 0 Å². The number of carbonyl (C=O) groups excluding carboxylic acids is 1. The molecule has 0 aromatic carbocycles. The van der Waals surface area contributed by atoms with Crippen molar-refractivity contribution < 1.29 is 14.3 Å². The molecule has 0 aliphatic heterocycles. The quantitative estimate of drug-likeness (QED) is 0.527. The third-order valence-corrected chi connectivity index (χ3v) is 1.54. The van der Waals surface area contributed by atoms with Crippen molar-refractivity contribution >= 4 is 5.91 Å². The molecule has 0 saturated carbocycles. The average molecular weight is 190 g/mol. The molecule has 0 bridgehead atoms. The van der Waals surface area contributed by atoms with Gasteiger partial charge < -0.3 is 20.1 Å². The lowest BCUT2D eigenvalue weighted by molar-refractivity contribution is -0.135. The van der Waals surface area contributed by atoms with Gasteiger partial charge in [-0.1, -0.05) is 0 Å². The second-order valence-electron chi connectivity index (χ2n) is 2.65. The number of ether oxygens (including phenoxy) is 2. The van der Waals surface area contributed by atoms with Crippen LogP contribution in [-0.4, -0.2) is 57.9 Å². The molecule has 0 saturated heterocycles. The largest absolute Gasteiger partial charge is 0.383 e. The molecule has 2 N–H and O–H groups in total. The molecule has 5 heteroatoms. The van der Waals surface area contributed by atoms with E-state index < -0.39 is 0 Å². The van der Waals surface area contributed by atoms with Gasteiger partial charge in [-0.2, -0.15) is 0 Å². The molecule has 78 valence electrons. The lowest BCUT2D eigenvalue weighted by Crippen LogP contribution is -2.33. The Labute approximate surface area is 78.8 Å². The molecule has 0 radical (unpaired) electrons. The number of hydrogen-bond donors (Lipinski definition) is 1. The molecule has 0 aromatic rings. The van der Waals surface area contributed by atoms with Crippen LogP contribution in [0.4, 0.5) is 0 Å². The van der Waals surface area contributed by atoms with Crippen molar-refractivity contribution in [3.63, 3.8) is 0 Å². The molecular formula is C8H18N2O3. The first-order chi connectivity index (χ1) is 6.22.